The Labute approximate surface area is 92.2 Å². The zero-order valence-corrected chi connectivity index (χ0v) is 9.95. The highest BCUT2D eigenvalue weighted by atomic mass is 32.2. The minimum Gasteiger partial charge on any atom is -0.325 e. The molecule has 2 fully saturated rings. The van der Waals surface area contributed by atoms with Crippen molar-refractivity contribution in [2.45, 2.75) is 68.6 Å². The summed E-state index contributed by atoms with van der Waals surface area (Å²) in [5, 5.41) is 0.881. The number of hydrogen-bond donors (Lipinski definition) is 1. The number of thioether (sulfide) groups is 1. The molecule has 0 aromatic heterocycles. The normalized spacial score (nSPS) is 32.8. The van der Waals surface area contributed by atoms with Crippen molar-refractivity contribution in [3.8, 4) is 0 Å². The predicted molar refractivity (Wildman–Crippen MR) is 64.7 cm³/mol. The van der Waals surface area contributed by atoms with Crippen molar-refractivity contribution < 1.29 is 0 Å². The Balaban J connectivity index is 1.81. The fourth-order valence-electron chi connectivity index (χ4n) is 2.88. The van der Waals surface area contributed by atoms with E-state index >= 15 is 0 Å². The molecule has 82 valence electrons. The molecule has 0 aromatic carbocycles. The van der Waals surface area contributed by atoms with Crippen molar-refractivity contribution in [3.05, 3.63) is 0 Å². The molecule has 0 aromatic rings. The van der Waals surface area contributed by atoms with E-state index in [1.165, 1.54) is 63.5 Å². The summed E-state index contributed by atoms with van der Waals surface area (Å²) in [5.41, 5.74) is 6.69. The summed E-state index contributed by atoms with van der Waals surface area (Å²) in [4.78, 5) is 0. The van der Waals surface area contributed by atoms with E-state index in [2.05, 4.69) is 11.8 Å². The van der Waals surface area contributed by atoms with Gasteiger partial charge in [-0.2, -0.15) is 11.8 Å². The van der Waals surface area contributed by atoms with Gasteiger partial charge in [0.25, 0.3) is 0 Å². The third kappa shape index (κ3) is 2.90. The summed E-state index contributed by atoms with van der Waals surface area (Å²) in [6.07, 6.45) is 12.3. The van der Waals surface area contributed by atoms with Crippen molar-refractivity contribution in [2.75, 3.05) is 5.75 Å². The predicted octanol–water partition coefficient (Wildman–Crippen LogP) is 3.32. The van der Waals surface area contributed by atoms with E-state index in [1.54, 1.807) is 0 Å². The first kappa shape index (κ1) is 10.8. The van der Waals surface area contributed by atoms with Gasteiger partial charge in [0.1, 0.15) is 0 Å². The Kier molecular flexibility index (Phi) is 3.78. The molecule has 1 aliphatic heterocycles. The van der Waals surface area contributed by atoms with Gasteiger partial charge < -0.3 is 5.73 Å². The minimum absolute atomic E-state index is 0.216. The summed E-state index contributed by atoms with van der Waals surface area (Å²) >= 11 is 2.18. The third-order valence-corrected chi connectivity index (χ3v) is 5.16. The molecule has 1 saturated heterocycles. The van der Waals surface area contributed by atoms with Gasteiger partial charge in [-0.25, -0.2) is 0 Å². The van der Waals surface area contributed by atoms with Gasteiger partial charge in [0, 0.05) is 10.8 Å². The highest BCUT2D eigenvalue weighted by Crippen LogP contribution is 2.36. The molecule has 2 N–H and O–H groups in total. The maximum absolute atomic E-state index is 6.48. The molecule has 0 radical (unpaired) electrons. The third-order valence-electron chi connectivity index (χ3n) is 3.76. The van der Waals surface area contributed by atoms with Gasteiger partial charge in [0.2, 0.25) is 0 Å². The molecule has 1 saturated carbocycles. The molecular formula is C12H23NS. The lowest BCUT2D eigenvalue weighted by Gasteiger charge is -2.37. The zero-order chi connectivity index (χ0) is 9.86. The molecule has 2 aliphatic rings. The first-order chi connectivity index (χ1) is 6.79. The monoisotopic (exact) mass is 213 g/mol. The van der Waals surface area contributed by atoms with Gasteiger partial charge in [-0.05, 0) is 37.9 Å². The Morgan fingerprint density at radius 3 is 2.50 bits per heavy atom. The standard InChI is InChI=1S/C12H23NS/c13-12(7-3-1-4-8-12)10-11-6-2-5-9-14-11/h11H,1-10,13H2. The second-order valence-electron chi connectivity index (χ2n) is 5.12. The second-order valence-corrected chi connectivity index (χ2v) is 6.52. The average Bonchev–Trinajstić information content (AvgIpc) is 2.19. The molecule has 0 spiro atoms. The molecule has 1 atom stereocenters. The molecule has 1 aliphatic carbocycles. The van der Waals surface area contributed by atoms with E-state index in [1.807, 2.05) is 0 Å². The molecular weight excluding hydrogens is 190 g/mol. The lowest BCUT2D eigenvalue weighted by atomic mass is 9.79. The Morgan fingerprint density at radius 2 is 1.86 bits per heavy atom. The quantitative estimate of drug-likeness (QED) is 0.761. The number of rotatable bonds is 2. The van der Waals surface area contributed by atoms with Gasteiger partial charge in [0.15, 0.2) is 0 Å². The van der Waals surface area contributed by atoms with Crippen LogP contribution >= 0.6 is 11.8 Å². The van der Waals surface area contributed by atoms with Gasteiger partial charge in [-0.15, -0.1) is 0 Å². The lowest BCUT2D eigenvalue weighted by Crippen LogP contribution is -2.44. The number of nitrogens with two attached hydrogens (primary N) is 1. The van der Waals surface area contributed by atoms with Crippen LogP contribution in [0.5, 0.6) is 0 Å². The zero-order valence-electron chi connectivity index (χ0n) is 9.13. The summed E-state index contributed by atoms with van der Waals surface area (Å²) in [7, 11) is 0. The molecule has 0 bridgehead atoms. The maximum atomic E-state index is 6.48. The lowest BCUT2D eigenvalue weighted by molar-refractivity contribution is 0.272. The van der Waals surface area contributed by atoms with Crippen LogP contribution in [-0.2, 0) is 0 Å². The van der Waals surface area contributed by atoms with E-state index in [0.29, 0.717) is 0 Å². The molecule has 1 unspecified atom stereocenters. The highest BCUT2D eigenvalue weighted by Gasteiger charge is 2.31. The van der Waals surface area contributed by atoms with Crippen LogP contribution in [0.1, 0.15) is 57.8 Å². The van der Waals surface area contributed by atoms with Crippen molar-refractivity contribution in [2.24, 2.45) is 5.73 Å². The van der Waals surface area contributed by atoms with Crippen molar-refractivity contribution in [1.82, 2.24) is 0 Å². The van der Waals surface area contributed by atoms with Crippen molar-refractivity contribution >= 4 is 11.8 Å². The molecule has 14 heavy (non-hydrogen) atoms. The maximum Gasteiger partial charge on any atom is 0.0164 e. The van der Waals surface area contributed by atoms with Gasteiger partial charge in [-0.1, -0.05) is 25.7 Å². The number of hydrogen-bond acceptors (Lipinski definition) is 2. The van der Waals surface area contributed by atoms with Crippen LogP contribution < -0.4 is 5.73 Å². The van der Waals surface area contributed by atoms with Crippen LogP contribution in [-0.4, -0.2) is 16.5 Å². The van der Waals surface area contributed by atoms with Crippen LogP contribution in [0.4, 0.5) is 0 Å². The van der Waals surface area contributed by atoms with E-state index in [4.69, 9.17) is 5.73 Å². The van der Waals surface area contributed by atoms with Crippen LogP contribution in [0.25, 0.3) is 0 Å². The molecule has 2 heteroatoms. The first-order valence-corrected chi connectivity index (χ1v) is 7.24. The topological polar surface area (TPSA) is 26.0 Å². The smallest absolute Gasteiger partial charge is 0.0164 e. The fraction of sp³-hybridized carbons (Fsp3) is 1.00. The van der Waals surface area contributed by atoms with Crippen molar-refractivity contribution in [1.29, 1.82) is 0 Å². The highest BCUT2D eigenvalue weighted by molar-refractivity contribution is 7.99. The Hall–Kier alpha value is 0.310. The van der Waals surface area contributed by atoms with Crippen LogP contribution in [0.2, 0.25) is 0 Å². The van der Waals surface area contributed by atoms with Gasteiger partial charge >= 0.3 is 0 Å². The van der Waals surface area contributed by atoms with E-state index in [0.717, 1.165) is 5.25 Å². The minimum atomic E-state index is 0.216. The van der Waals surface area contributed by atoms with Gasteiger partial charge in [0.05, 0.1) is 0 Å². The Bertz CT molecular complexity index is 169. The van der Waals surface area contributed by atoms with Crippen LogP contribution in [0.3, 0.4) is 0 Å². The van der Waals surface area contributed by atoms with E-state index in [9.17, 15) is 0 Å². The molecule has 1 nitrogen and oxygen atoms in total. The van der Waals surface area contributed by atoms with E-state index < -0.39 is 0 Å². The Morgan fingerprint density at radius 1 is 1.07 bits per heavy atom. The van der Waals surface area contributed by atoms with Gasteiger partial charge in [-0.3, -0.25) is 0 Å². The van der Waals surface area contributed by atoms with Crippen LogP contribution in [0.15, 0.2) is 0 Å². The summed E-state index contributed by atoms with van der Waals surface area (Å²) in [6, 6.07) is 0. The largest absolute Gasteiger partial charge is 0.325 e. The SMILES string of the molecule is NC1(CC2CCCCS2)CCCCC1. The second kappa shape index (κ2) is 4.89. The molecule has 0 amide bonds. The molecule has 1 heterocycles. The molecule has 2 rings (SSSR count). The summed E-state index contributed by atoms with van der Waals surface area (Å²) in [5.74, 6) is 1.38. The first-order valence-electron chi connectivity index (χ1n) is 6.19. The van der Waals surface area contributed by atoms with E-state index in [-0.39, 0.29) is 5.54 Å². The fourth-order valence-corrected chi connectivity index (χ4v) is 4.37. The van der Waals surface area contributed by atoms with Crippen LogP contribution in [0, 0.1) is 0 Å². The average molecular weight is 213 g/mol. The summed E-state index contributed by atoms with van der Waals surface area (Å²) < 4.78 is 0. The summed E-state index contributed by atoms with van der Waals surface area (Å²) in [6.45, 7) is 0. The van der Waals surface area contributed by atoms with Crippen molar-refractivity contribution in [3.63, 3.8) is 0 Å².